The molecule has 2 aromatic carbocycles. The van der Waals surface area contributed by atoms with Crippen LogP contribution in [-0.2, 0) is 4.79 Å². The summed E-state index contributed by atoms with van der Waals surface area (Å²) in [6.07, 6.45) is 0. The number of amides is 1. The van der Waals surface area contributed by atoms with Crippen LogP contribution < -0.4 is 10.1 Å². The molecule has 3 aromatic rings. The van der Waals surface area contributed by atoms with Gasteiger partial charge >= 0.3 is 0 Å². The quantitative estimate of drug-likeness (QED) is 0.718. The lowest BCUT2D eigenvalue weighted by molar-refractivity contribution is -0.133. The van der Waals surface area contributed by atoms with Gasteiger partial charge < -0.3 is 15.0 Å². The van der Waals surface area contributed by atoms with Crippen LogP contribution in [0.1, 0.15) is 18.4 Å². The average Bonchev–Trinajstić information content (AvgIpc) is 3.09. The maximum Gasteiger partial charge on any atom is 0.279 e. The summed E-state index contributed by atoms with van der Waals surface area (Å²) in [6, 6.07) is 9.41. The van der Waals surface area contributed by atoms with E-state index in [0.29, 0.717) is 21.2 Å². The SMILES string of the molecule is CC(C(=O)N1CCNCC1)c1ccc(Oc2nc3cc(F)c(F)cc3s2)cc1. The third-order valence-corrected chi connectivity index (χ3v) is 5.69. The number of ether oxygens (including phenoxy) is 1. The van der Waals surface area contributed by atoms with E-state index in [1.165, 1.54) is 0 Å². The van der Waals surface area contributed by atoms with Crippen molar-refractivity contribution in [3.63, 3.8) is 0 Å². The van der Waals surface area contributed by atoms with E-state index in [0.717, 1.165) is 55.2 Å². The number of aromatic nitrogens is 1. The smallest absolute Gasteiger partial charge is 0.279 e. The van der Waals surface area contributed by atoms with Gasteiger partial charge in [-0.1, -0.05) is 23.5 Å². The number of nitrogens with one attached hydrogen (secondary N) is 1. The minimum Gasteiger partial charge on any atom is -0.431 e. The predicted molar refractivity (Wildman–Crippen MR) is 104 cm³/mol. The molecule has 4 rings (SSSR count). The minimum atomic E-state index is -0.933. The number of halogens is 2. The highest BCUT2D eigenvalue weighted by Crippen LogP contribution is 2.33. The highest BCUT2D eigenvalue weighted by atomic mass is 32.1. The molecule has 0 aliphatic carbocycles. The molecule has 1 saturated heterocycles. The molecule has 8 heteroatoms. The van der Waals surface area contributed by atoms with E-state index in [4.69, 9.17) is 4.74 Å². The first kappa shape index (κ1) is 18.8. The van der Waals surface area contributed by atoms with Crippen molar-refractivity contribution < 1.29 is 18.3 Å². The Kier molecular flexibility index (Phi) is 5.23. The van der Waals surface area contributed by atoms with Gasteiger partial charge in [0.25, 0.3) is 5.19 Å². The highest BCUT2D eigenvalue weighted by molar-refractivity contribution is 7.20. The maximum atomic E-state index is 13.3. The van der Waals surface area contributed by atoms with Crippen LogP contribution in [0.5, 0.6) is 10.9 Å². The van der Waals surface area contributed by atoms with E-state index in [9.17, 15) is 13.6 Å². The lowest BCUT2D eigenvalue weighted by atomic mass is 9.99. The van der Waals surface area contributed by atoms with Crippen LogP contribution in [0.2, 0.25) is 0 Å². The maximum absolute atomic E-state index is 13.3. The van der Waals surface area contributed by atoms with Crippen LogP contribution in [0.25, 0.3) is 10.2 Å². The lowest BCUT2D eigenvalue weighted by Crippen LogP contribution is -2.47. The summed E-state index contributed by atoms with van der Waals surface area (Å²) in [5.41, 5.74) is 1.26. The summed E-state index contributed by atoms with van der Waals surface area (Å²) in [7, 11) is 0. The van der Waals surface area contributed by atoms with Crippen molar-refractivity contribution >= 4 is 27.5 Å². The fourth-order valence-corrected chi connectivity index (χ4v) is 4.01. The summed E-state index contributed by atoms with van der Waals surface area (Å²) in [5, 5.41) is 3.54. The second-order valence-electron chi connectivity index (χ2n) is 6.68. The Balaban J connectivity index is 1.46. The van der Waals surface area contributed by atoms with Gasteiger partial charge in [-0.15, -0.1) is 0 Å². The molecule has 0 spiro atoms. The van der Waals surface area contributed by atoms with Crippen LogP contribution in [0.15, 0.2) is 36.4 Å². The summed E-state index contributed by atoms with van der Waals surface area (Å²) in [6.45, 7) is 4.99. The number of carbonyl (C=O) groups is 1. The van der Waals surface area contributed by atoms with Gasteiger partial charge in [0.05, 0.1) is 16.1 Å². The number of nitrogens with zero attached hydrogens (tertiary/aromatic N) is 2. The van der Waals surface area contributed by atoms with Crippen molar-refractivity contribution in [2.24, 2.45) is 0 Å². The molecule has 0 radical (unpaired) electrons. The number of hydrogen-bond donors (Lipinski definition) is 1. The molecule has 1 atom stereocenters. The zero-order valence-electron chi connectivity index (χ0n) is 15.2. The van der Waals surface area contributed by atoms with Crippen LogP contribution in [0.4, 0.5) is 8.78 Å². The molecule has 1 unspecified atom stereocenters. The summed E-state index contributed by atoms with van der Waals surface area (Å²) in [5.74, 6) is -1.41. The molecule has 1 amide bonds. The van der Waals surface area contributed by atoms with Gasteiger partial charge in [0.15, 0.2) is 11.6 Å². The van der Waals surface area contributed by atoms with Crippen molar-refractivity contribution in [1.29, 1.82) is 0 Å². The molecule has 1 N–H and O–H groups in total. The second kappa shape index (κ2) is 7.81. The van der Waals surface area contributed by atoms with Crippen molar-refractivity contribution in [3.8, 4) is 10.9 Å². The molecular weight excluding hydrogens is 384 g/mol. The first-order valence-electron chi connectivity index (χ1n) is 9.04. The Morgan fingerprint density at radius 2 is 1.86 bits per heavy atom. The van der Waals surface area contributed by atoms with E-state index in [1.54, 1.807) is 12.1 Å². The largest absolute Gasteiger partial charge is 0.431 e. The zero-order chi connectivity index (χ0) is 19.7. The van der Waals surface area contributed by atoms with Crippen molar-refractivity contribution in [2.45, 2.75) is 12.8 Å². The minimum absolute atomic E-state index is 0.116. The van der Waals surface area contributed by atoms with Crippen LogP contribution >= 0.6 is 11.3 Å². The third kappa shape index (κ3) is 3.83. The van der Waals surface area contributed by atoms with Gasteiger partial charge in [0.2, 0.25) is 5.91 Å². The summed E-state index contributed by atoms with van der Waals surface area (Å²) in [4.78, 5) is 18.7. The van der Waals surface area contributed by atoms with E-state index >= 15 is 0 Å². The van der Waals surface area contributed by atoms with Crippen molar-refractivity contribution in [3.05, 3.63) is 53.6 Å². The van der Waals surface area contributed by atoms with E-state index < -0.39 is 11.6 Å². The Morgan fingerprint density at radius 3 is 2.57 bits per heavy atom. The van der Waals surface area contributed by atoms with Gasteiger partial charge in [-0.25, -0.2) is 13.8 Å². The van der Waals surface area contributed by atoms with Gasteiger partial charge in [0.1, 0.15) is 5.75 Å². The number of carbonyl (C=O) groups excluding carboxylic acids is 1. The molecule has 1 aliphatic rings. The zero-order valence-corrected chi connectivity index (χ0v) is 16.1. The number of fused-ring (bicyclic) bond motifs is 1. The molecule has 1 fully saturated rings. The molecular formula is C20H19F2N3O2S. The lowest BCUT2D eigenvalue weighted by Gasteiger charge is -2.30. The number of hydrogen-bond acceptors (Lipinski definition) is 5. The first-order chi connectivity index (χ1) is 13.5. The van der Waals surface area contributed by atoms with Crippen LogP contribution in [-0.4, -0.2) is 42.0 Å². The normalized spacial score (nSPS) is 15.6. The Morgan fingerprint density at radius 1 is 1.18 bits per heavy atom. The molecule has 28 heavy (non-hydrogen) atoms. The number of benzene rings is 2. The van der Waals surface area contributed by atoms with E-state index in [1.807, 2.05) is 24.0 Å². The van der Waals surface area contributed by atoms with E-state index in [-0.39, 0.29) is 11.8 Å². The molecule has 2 heterocycles. The molecule has 0 saturated carbocycles. The van der Waals surface area contributed by atoms with Gasteiger partial charge in [0, 0.05) is 32.2 Å². The Hall–Kier alpha value is -2.58. The number of piperazine rings is 1. The summed E-state index contributed by atoms with van der Waals surface area (Å²) < 4.78 is 32.9. The summed E-state index contributed by atoms with van der Waals surface area (Å²) >= 11 is 1.14. The monoisotopic (exact) mass is 403 g/mol. The third-order valence-electron chi connectivity index (χ3n) is 4.80. The van der Waals surface area contributed by atoms with Gasteiger partial charge in [-0.2, -0.15) is 0 Å². The topological polar surface area (TPSA) is 54.5 Å². The van der Waals surface area contributed by atoms with Crippen molar-refractivity contribution in [1.82, 2.24) is 15.2 Å². The standard InChI is InChI=1S/C20H19F2N3O2S/c1-12(19(26)25-8-6-23-7-9-25)13-2-4-14(5-3-13)27-20-24-17-10-15(21)16(22)11-18(17)28-20/h2-5,10-12,23H,6-9H2,1H3. The molecule has 0 bridgehead atoms. The van der Waals surface area contributed by atoms with Crippen molar-refractivity contribution in [2.75, 3.05) is 26.2 Å². The second-order valence-corrected chi connectivity index (χ2v) is 7.68. The Bertz CT molecular complexity index is 962. The number of rotatable bonds is 4. The highest BCUT2D eigenvalue weighted by Gasteiger charge is 2.23. The fraction of sp³-hybridized carbons (Fsp3) is 0.300. The first-order valence-corrected chi connectivity index (χ1v) is 9.86. The van der Waals surface area contributed by atoms with E-state index in [2.05, 4.69) is 10.3 Å². The molecule has 5 nitrogen and oxygen atoms in total. The molecule has 1 aliphatic heterocycles. The average molecular weight is 403 g/mol. The molecule has 1 aromatic heterocycles. The predicted octanol–water partition coefficient (Wildman–Crippen LogP) is 3.90. The number of thiazole rings is 1. The van der Waals surface area contributed by atoms with Crippen LogP contribution in [0.3, 0.4) is 0 Å². The Labute approximate surface area is 164 Å². The fourth-order valence-electron chi connectivity index (χ4n) is 3.17. The van der Waals surface area contributed by atoms with Gasteiger partial charge in [-0.3, -0.25) is 4.79 Å². The van der Waals surface area contributed by atoms with Crippen LogP contribution in [0, 0.1) is 11.6 Å². The van der Waals surface area contributed by atoms with Gasteiger partial charge in [-0.05, 0) is 30.7 Å². The molecule has 146 valence electrons.